The van der Waals surface area contributed by atoms with Crippen molar-refractivity contribution in [1.82, 2.24) is 4.90 Å². The van der Waals surface area contributed by atoms with Gasteiger partial charge in [0.2, 0.25) is 0 Å². The first-order chi connectivity index (χ1) is 9.12. The van der Waals surface area contributed by atoms with Gasteiger partial charge in [-0.15, -0.1) is 0 Å². The molecule has 0 radical (unpaired) electrons. The molecule has 0 heterocycles. The predicted octanol–water partition coefficient (Wildman–Crippen LogP) is 2.05. The zero-order valence-electron chi connectivity index (χ0n) is 11.8. The highest BCUT2D eigenvalue weighted by atomic mass is 32.1. The molecule has 19 heavy (non-hydrogen) atoms. The van der Waals surface area contributed by atoms with Gasteiger partial charge < -0.3 is 20.1 Å². The Hall–Kier alpha value is -1.33. The van der Waals surface area contributed by atoms with Crippen molar-refractivity contribution in [3.8, 4) is 11.5 Å². The van der Waals surface area contributed by atoms with Crippen LogP contribution in [0.1, 0.15) is 19.4 Å². The smallest absolute Gasteiger partial charge is 0.161 e. The molecular weight excluding hydrogens is 260 g/mol. The summed E-state index contributed by atoms with van der Waals surface area (Å²) in [6, 6.07) is 5.49. The van der Waals surface area contributed by atoms with E-state index in [1.807, 2.05) is 12.1 Å². The number of methoxy groups -OCH3 is 1. The van der Waals surface area contributed by atoms with Crippen LogP contribution in [0.3, 0.4) is 0 Å². The zero-order chi connectivity index (χ0) is 14.3. The molecule has 0 spiro atoms. The average Bonchev–Trinajstić information content (AvgIpc) is 2.43. The molecule has 0 saturated carbocycles. The maximum Gasteiger partial charge on any atom is 0.161 e. The molecule has 5 heteroatoms. The number of nitrogens with zero attached hydrogens (tertiary/aromatic N) is 1. The molecule has 1 rings (SSSR count). The van der Waals surface area contributed by atoms with E-state index in [9.17, 15) is 0 Å². The standard InChI is InChI=1S/C14H22N2O2S/c1-4-16(5-2)8-9-18-12-7-6-11(14(15)19)10-13(12)17-3/h6-7,10H,4-5,8-9H2,1-3H3,(H2,15,19). The number of nitrogens with two attached hydrogens (primary N) is 1. The molecule has 0 aliphatic rings. The quantitative estimate of drug-likeness (QED) is 0.740. The van der Waals surface area contributed by atoms with Gasteiger partial charge >= 0.3 is 0 Å². The van der Waals surface area contributed by atoms with Gasteiger partial charge in [0.1, 0.15) is 11.6 Å². The largest absolute Gasteiger partial charge is 0.493 e. The number of thiocarbonyl (C=S) groups is 1. The third kappa shape index (κ3) is 4.69. The Morgan fingerprint density at radius 1 is 1.26 bits per heavy atom. The Kier molecular flexibility index (Phi) is 6.59. The van der Waals surface area contributed by atoms with Gasteiger partial charge in [0.25, 0.3) is 0 Å². The molecule has 4 nitrogen and oxygen atoms in total. The number of likely N-dealkylation sites (N-methyl/N-ethyl adjacent to an activating group) is 1. The molecule has 0 saturated heterocycles. The number of hydrogen-bond acceptors (Lipinski definition) is 4. The van der Waals surface area contributed by atoms with E-state index in [2.05, 4.69) is 18.7 Å². The lowest BCUT2D eigenvalue weighted by Gasteiger charge is -2.18. The molecular formula is C14H22N2O2S. The van der Waals surface area contributed by atoms with Gasteiger partial charge in [0, 0.05) is 12.1 Å². The molecule has 0 aromatic heterocycles. The van der Waals surface area contributed by atoms with E-state index in [-0.39, 0.29) is 0 Å². The molecule has 0 amide bonds. The third-order valence-electron chi connectivity index (χ3n) is 3.01. The van der Waals surface area contributed by atoms with Crippen LogP contribution in [0.2, 0.25) is 0 Å². The summed E-state index contributed by atoms with van der Waals surface area (Å²) in [6.45, 7) is 7.86. The first-order valence-corrected chi connectivity index (χ1v) is 6.86. The van der Waals surface area contributed by atoms with E-state index in [0.717, 1.165) is 30.9 Å². The summed E-state index contributed by atoms with van der Waals surface area (Å²) in [6.07, 6.45) is 0. The van der Waals surface area contributed by atoms with Crippen molar-refractivity contribution in [2.24, 2.45) is 5.73 Å². The second-order valence-electron chi connectivity index (χ2n) is 4.11. The van der Waals surface area contributed by atoms with Crippen LogP contribution in [-0.2, 0) is 0 Å². The lowest BCUT2D eigenvalue weighted by Crippen LogP contribution is -2.28. The summed E-state index contributed by atoms with van der Waals surface area (Å²) >= 11 is 4.94. The van der Waals surface area contributed by atoms with Gasteiger partial charge in [-0.25, -0.2) is 0 Å². The van der Waals surface area contributed by atoms with Gasteiger partial charge in [0.05, 0.1) is 7.11 Å². The lowest BCUT2D eigenvalue weighted by molar-refractivity contribution is 0.217. The minimum absolute atomic E-state index is 0.355. The van der Waals surface area contributed by atoms with Crippen molar-refractivity contribution >= 4 is 17.2 Å². The maximum atomic E-state index is 5.75. The molecule has 0 atom stereocenters. The molecule has 0 aliphatic carbocycles. The first-order valence-electron chi connectivity index (χ1n) is 6.45. The second kappa shape index (κ2) is 7.96. The Bertz CT molecular complexity index is 420. The molecule has 0 bridgehead atoms. The van der Waals surface area contributed by atoms with E-state index < -0.39 is 0 Å². The molecule has 0 fully saturated rings. The third-order valence-corrected chi connectivity index (χ3v) is 3.24. The van der Waals surface area contributed by atoms with Crippen LogP contribution >= 0.6 is 12.2 Å². The topological polar surface area (TPSA) is 47.7 Å². The molecule has 0 unspecified atom stereocenters. The molecule has 0 aliphatic heterocycles. The highest BCUT2D eigenvalue weighted by molar-refractivity contribution is 7.80. The Morgan fingerprint density at radius 2 is 1.95 bits per heavy atom. The van der Waals surface area contributed by atoms with Crippen molar-refractivity contribution < 1.29 is 9.47 Å². The summed E-state index contributed by atoms with van der Waals surface area (Å²) in [4.78, 5) is 2.66. The van der Waals surface area contributed by atoms with Crippen LogP contribution < -0.4 is 15.2 Å². The SMILES string of the molecule is CCN(CC)CCOc1ccc(C(N)=S)cc1OC. The fraction of sp³-hybridized carbons (Fsp3) is 0.500. The van der Waals surface area contributed by atoms with E-state index in [4.69, 9.17) is 27.4 Å². The Balaban J connectivity index is 2.65. The molecule has 2 N–H and O–H groups in total. The number of ether oxygens (including phenoxy) is 2. The molecule has 106 valence electrons. The first kappa shape index (κ1) is 15.7. The second-order valence-corrected chi connectivity index (χ2v) is 4.55. The van der Waals surface area contributed by atoms with Crippen molar-refractivity contribution in [3.05, 3.63) is 23.8 Å². The van der Waals surface area contributed by atoms with Crippen molar-refractivity contribution in [2.75, 3.05) is 33.4 Å². The van der Waals surface area contributed by atoms with E-state index in [0.29, 0.717) is 17.3 Å². The predicted molar refractivity (Wildman–Crippen MR) is 82.2 cm³/mol. The Morgan fingerprint density at radius 3 is 2.47 bits per heavy atom. The number of benzene rings is 1. The molecule has 1 aromatic carbocycles. The Labute approximate surface area is 120 Å². The van der Waals surface area contributed by atoms with Crippen molar-refractivity contribution in [3.63, 3.8) is 0 Å². The molecule has 1 aromatic rings. The lowest BCUT2D eigenvalue weighted by atomic mass is 10.2. The number of rotatable bonds is 8. The summed E-state index contributed by atoms with van der Waals surface area (Å²) in [7, 11) is 1.61. The van der Waals surface area contributed by atoms with Gasteiger partial charge in [0.15, 0.2) is 11.5 Å². The van der Waals surface area contributed by atoms with E-state index in [1.54, 1.807) is 13.2 Å². The normalized spacial score (nSPS) is 10.5. The van der Waals surface area contributed by atoms with Gasteiger partial charge in [-0.1, -0.05) is 26.1 Å². The summed E-state index contributed by atoms with van der Waals surface area (Å²) in [5.41, 5.74) is 6.37. The fourth-order valence-electron chi connectivity index (χ4n) is 1.76. The monoisotopic (exact) mass is 282 g/mol. The van der Waals surface area contributed by atoms with Crippen LogP contribution in [0.25, 0.3) is 0 Å². The van der Waals surface area contributed by atoms with Gasteiger partial charge in [-0.05, 0) is 31.3 Å². The van der Waals surface area contributed by atoms with Gasteiger partial charge in [-0.3, -0.25) is 0 Å². The van der Waals surface area contributed by atoms with Crippen LogP contribution in [-0.4, -0.2) is 43.2 Å². The van der Waals surface area contributed by atoms with E-state index in [1.165, 1.54) is 0 Å². The number of hydrogen-bond donors (Lipinski definition) is 1. The van der Waals surface area contributed by atoms with Crippen LogP contribution in [0.5, 0.6) is 11.5 Å². The zero-order valence-corrected chi connectivity index (χ0v) is 12.6. The summed E-state index contributed by atoms with van der Waals surface area (Å²) < 4.78 is 11.0. The van der Waals surface area contributed by atoms with Gasteiger partial charge in [-0.2, -0.15) is 0 Å². The highest BCUT2D eigenvalue weighted by Crippen LogP contribution is 2.27. The maximum absolute atomic E-state index is 5.75. The average molecular weight is 282 g/mol. The minimum Gasteiger partial charge on any atom is -0.493 e. The summed E-state index contributed by atoms with van der Waals surface area (Å²) in [5.74, 6) is 1.37. The highest BCUT2D eigenvalue weighted by Gasteiger charge is 2.08. The fourth-order valence-corrected chi connectivity index (χ4v) is 1.89. The van der Waals surface area contributed by atoms with Crippen LogP contribution in [0.4, 0.5) is 0 Å². The van der Waals surface area contributed by atoms with Crippen molar-refractivity contribution in [1.29, 1.82) is 0 Å². The minimum atomic E-state index is 0.355. The summed E-state index contributed by atoms with van der Waals surface area (Å²) in [5, 5.41) is 0. The van der Waals surface area contributed by atoms with Crippen LogP contribution in [0, 0.1) is 0 Å². The van der Waals surface area contributed by atoms with Crippen LogP contribution in [0.15, 0.2) is 18.2 Å². The van der Waals surface area contributed by atoms with E-state index >= 15 is 0 Å². The van der Waals surface area contributed by atoms with Crippen molar-refractivity contribution in [2.45, 2.75) is 13.8 Å².